The van der Waals surface area contributed by atoms with Gasteiger partial charge in [-0.05, 0) is 43.3 Å². The number of benzene rings is 3. The number of carbonyl (C=O) groups is 1. The SMILES string of the molecule is CCOc1c(F)c(F)c(C#Cc2ccc(C(=O)Oc3ccccc3OC(C)(F)F)cc2)c(F)c1F. The summed E-state index contributed by atoms with van der Waals surface area (Å²) in [5.74, 6) is -5.15. The Bertz CT molecular complexity index is 1280. The van der Waals surface area contributed by atoms with E-state index in [1.165, 1.54) is 55.5 Å². The second-order valence-corrected chi connectivity index (χ2v) is 6.97. The van der Waals surface area contributed by atoms with Crippen molar-refractivity contribution in [2.24, 2.45) is 0 Å². The first kappa shape index (κ1) is 25.5. The van der Waals surface area contributed by atoms with E-state index >= 15 is 0 Å². The van der Waals surface area contributed by atoms with E-state index in [1.807, 2.05) is 5.92 Å². The maximum absolute atomic E-state index is 14.2. The van der Waals surface area contributed by atoms with Gasteiger partial charge in [0.25, 0.3) is 0 Å². The Hall–Kier alpha value is -4.13. The molecule has 35 heavy (non-hydrogen) atoms. The van der Waals surface area contributed by atoms with Crippen LogP contribution < -0.4 is 14.2 Å². The second-order valence-electron chi connectivity index (χ2n) is 6.97. The molecule has 0 fully saturated rings. The summed E-state index contributed by atoms with van der Waals surface area (Å²) in [7, 11) is 0. The molecule has 10 heteroatoms. The van der Waals surface area contributed by atoms with Gasteiger partial charge in [-0.1, -0.05) is 24.0 Å². The third kappa shape index (κ3) is 6.06. The van der Waals surface area contributed by atoms with Crippen molar-refractivity contribution in [2.45, 2.75) is 20.0 Å². The maximum atomic E-state index is 14.2. The molecule has 0 unspecified atom stereocenters. The van der Waals surface area contributed by atoms with E-state index in [9.17, 15) is 31.1 Å². The largest absolute Gasteiger partial charge is 0.488 e. The van der Waals surface area contributed by atoms with Gasteiger partial charge in [0, 0.05) is 12.5 Å². The number of hydrogen-bond acceptors (Lipinski definition) is 4. The van der Waals surface area contributed by atoms with E-state index in [0.717, 1.165) is 0 Å². The molecule has 0 atom stereocenters. The molecule has 0 spiro atoms. The Morgan fingerprint density at radius 3 is 1.97 bits per heavy atom. The number of hydrogen-bond donors (Lipinski definition) is 0. The lowest BCUT2D eigenvalue weighted by atomic mass is 10.1. The smallest absolute Gasteiger partial charge is 0.395 e. The number of alkyl halides is 2. The van der Waals surface area contributed by atoms with Crippen molar-refractivity contribution < 1.29 is 45.3 Å². The summed E-state index contributed by atoms with van der Waals surface area (Å²) in [4.78, 5) is 12.4. The Labute approximate surface area is 196 Å². The zero-order chi connectivity index (χ0) is 25.8. The van der Waals surface area contributed by atoms with E-state index < -0.39 is 46.7 Å². The lowest BCUT2D eigenvalue weighted by Crippen LogP contribution is -2.20. The Kier molecular flexibility index (Phi) is 7.59. The first-order valence-electron chi connectivity index (χ1n) is 10.0. The Morgan fingerprint density at radius 2 is 1.43 bits per heavy atom. The molecule has 0 radical (unpaired) electrons. The van der Waals surface area contributed by atoms with Gasteiger partial charge in [-0.3, -0.25) is 0 Å². The van der Waals surface area contributed by atoms with Gasteiger partial charge in [0.15, 0.2) is 28.9 Å². The van der Waals surface area contributed by atoms with E-state index in [1.54, 1.807) is 0 Å². The van der Waals surface area contributed by atoms with Crippen molar-refractivity contribution in [3.63, 3.8) is 0 Å². The van der Waals surface area contributed by atoms with Crippen LogP contribution in [0.25, 0.3) is 0 Å². The Balaban J connectivity index is 1.81. The van der Waals surface area contributed by atoms with Crippen molar-refractivity contribution in [1.82, 2.24) is 0 Å². The first-order valence-corrected chi connectivity index (χ1v) is 10.0. The monoisotopic (exact) mass is 494 g/mol. The quantitative estimate of drug-likeness (QED) is 0.134. The number of ether oxygens (including phenoxy) is 3. The van der Waals surface area contributed by atoms with Crippen molar-refractivity contribution in [2.75, 3.05) is 6.61 Å². The molecule has 0 N–H and O–H groups in total. The molecule has 0 saturated heterocycles. The van der Waals surface area contributed by atoms with Crippen LogP contribution >= 0.6 is 0 Å². The summed E-state index contributed by atoms with van der Waals surface area (Å²) in [6.07, 6.45) is -3.50. The van der Waals surface area contributed by atoms with Gasteiger partial charge in [-0.25, -0.2) is 13.6 Å². The standard InChI is InChI=1S/C25H16F6O4/c1-3-33-23-21(28)19(26)16(20(27)22(23)29)13-10-14-8-11-15(12-9-14)24(32)34-17-6-4-5-7-18(17)35-25(2,30)31/h4-9,11-12H,3H2,1-2H3. The topological polar surface area (TPSA) is 44.8 Å². The maximum Gasteiger partial charge on any atom is 0.395 e. The fourth-order valence-electron chi connectivity index (χ4n) is 2.79. The van der Waals surface area contributed by atoms with Crippen LogP contribution in [0.15, 0.2) is 48.5 Å². The molecule has 0 aliphatic carbocycles. The van der Waals surface area contributed by atoms with Crippen LogP contribution in [0.3, 0.4) is 0 Å². The van der Waals surface area contributed by atoms with Gasteiger partial charge in [0.05, 0.1) is 12.2 Å². The second kappa shape index (κ2) is 10.4. The van der Waals surface area contributed by atoms with Gasteiger partial charge >= 0.3 is 12.1 Å². The molecule has 0 aliphatic rings. The third-order valence-corrected chi connectivity index (χ3v) is 4.31. The van der Waals surface area contributed by atoms with E-state index in [2.05, 4.69) is 15.4 Å². The summed E-state index contributed by atoms with van der Waals surface area (Å²) in [5, 5.41) is 0. The lowest BCUT2D eigenvalue weighted by Gasteiger charge is -2.15. The number of halogens is 6. The predicted molar refractivity (Wildman–Crippen MR) is 113 cm³/mol. The molecule has 3 aromatic carbocycles. The number of rotatable bonds is 6. The minimum atomic E-state index is -3.50. The molecule has 182 valence electrons. The molecular weight excluding hydrogens is 478 g/mol. The van der Waals surface area contributed by atoms with Crippen molar-refractivity contribution in [3.8, 4) is 29.1 Å². The Morgan fingerprint density at radius 1 is 0.857 bits per heavy atom. The van der Waals surface area contributed by atoms with E-state index in [4.69, 9.17) is 4.74 Å². The molecule has 0 saturated carbocycles. The van der Waals surface area contributed by atoms with Crippen LogP contribution in [-0.4, -0.2) is 18.7 Å². The summed E-state index contributed by atoms with van der Waals surface area (Å²) >= 11 is 0. The highest BCUT2D eigenvalue weighted by molar-refractivity contribution is 5.91. The highest BCUT2D eigenvalue weighted by Gasteiger charge is 2.26. The van der Waals surface area contributed by atoms with Crippen LogP contribution in [0.4, 0.5) is 26.3 Å². The fourth-order valence-corrected chi connectivity index (χ4v) is 2.79. The van der Waals surface area contributed by atoms with Gasteiger partial charge in [-0.15, -0.1) is 0 Å². The highest BCUT2D eigenvalue weighted by atomic mass is 19.3. The number of carbonyl (C=O) groups excluding carboxylic acids is 1. The van der Waals surface area contributed by atoms with E-state index in [0.29, 0.717) is 6.92 Å². The minimum Gasteiger partial charge on any atom is -0.488 e. The molecule has 0 aliphatic heterocycles. The van der Waals surface area contributed by atoms with E-state index in [-0.39, 0.29) is 29.2 Å². The van der Waals surface area contributed by atoms with Crippen molar-refractivity contribution in [1.29, 1.82) is 0 Å². The molecular formula is C25H16F6O4. The van der Waals surface area contributed by atoms with Crippen LogP contribution in [0, 0.1) is 35.1 Å². The fraction of sp³-hybridized carbons (Fsp3) is 0.160. The normalized spacial score (nSPS) is 10.9. The molecule has 4 nitrogen and oxygen atoms in total. The van der Waals surface area contributed by atoms with Crippen molar-refractivity contribution >= 4 is 5.97 Å². The predicted octanol–water partition coefficient (Wildman–Crippen LogP) is 6.25. The lowest BCUT2D eigenvalue weighted by molar-refractivity contribution is -0.159. The average Bonchev–Trinajstić information content (AvgIpc) is 2.81. The molecule has 3 rings (SSSR count). The van der Waals surface area contributed by atoms with Crippen molar-refractivity contribution in [3.05, 3.63) is 88.5 Å². The van der Waals surface area contributed by atoms with Gasteiger partial charge in [0.2, 0.25) is 11.6 Å². The third-order valence-electron chi connectivity index (χ3n) is 4.31. The molecule has 0 amide bonds. The van der Waals surface area contributed by atoms with Crippen LogP contribution in [0.5, 0.6) is 17.2 Å². The van der Waals surface area contributed by atoms with Crippen LogP contribution in [-0.2, 0) is 0 Å². The number of esters is 1. The summed E-state index contributed by atoms with van der Waals surface area (Å²) in [5.41, 5.74) is -0.996. The summed E-state index contributed by atoms with van der Waals surface area (Å²) in [6.45, 7) is 1.70. The zero-order valence-electron chi connectivity index (χ0n) is 18.2. The molecule has 0 bridgehead atoms. The van der Waals surface area contributed by atoms with Gasteiger partial charge < -0.3 is 14.2 Å². The van der Waals surface area contributed by atoms with Crippen LogP contribution in [0.2, 0.25) is 0 Å². The first-order chi connectivity index (χ1) is 16.5. The average molecular weight is 494 g/mol. The molecule has 0 heterocycles. The summed E-state index contributed by atoms with van der Waals surface area (Å²) < 4.78 is 96.8. The van der Waals surface area contributed by atoms with Crippen LogP contribution in [0.1, 0.15) is 35.3 Å². The van der Waals surface area contributed by atoms with Gasteiger partial charge in [-0.2, -0.15) is 17.6 Å². The molecule has 3 aromatic rings. The number of para-hydroxylation sites is 2. The summed E-state index contributed by atoms with van der Waals surface area (Å²) in [6, 6.07) is 10.4. The zero-order valence-corrected chi connectivity index (χ0v) is 18.2. The van der Waals surface area contributed by atoms with Gasteiger partial charge in [0.1, 0.15) is 5.56 Å². The highest BCUT2D eigenvalue weighted by Crippen LogP contribution is 2.32. The molecule has 0 aromatic heterocycles. The minimum absolute atomic E-state index is 0.0101.